The number of hydrogen-bond donors (Lipinski definition) is 2. The maximum atomic E-state index is 10.1. The van der Waals surface area contributed by atoms with Crippen LogP contribution in [-0.2, 0) is 4.79 Å². The van der Waals surface area contributed by atoms with Crippen LogP contribution in [0.3, 0.4) is 0 Å². The van der Waals surface area contributed by atoms with E-state index in [-0.39, 0.29) is 6.61 Å². The Morgan fingerprint density at radius 1 is 1.54 bits per heavy atom. The number of carbonyl (C=O) groups excluding carboxylic acids is 1. The van der Waals surface area contributed by atoms with Crippen molar-refractivity contribution in [3.05, 3.63) is 5.57 Å². The van der Waals surface area contributed by atoms with Crippen LogP contribution in [0.15, 0.2) is 5.57 Å². The molecule has 13 heavy (non-hydrogen) atoms. The summed E-state index contributed by atoms with van der Waals surface area (Å²) >= 11 is 0. The maximum Gasteiger partial charge on any atom is 0.123 e. The molecule has 0 aliphatic heterocycles. The molecule has 0 radical (unpaired) electrons. The van der Waals surface area contributed by atoms with Gasteiger partial charge in [0.2, 0.25) is 0 Å². The van der Waals surface area contributed by atoms with Crippen LogP contribution >= 0.6 is 0 Å². The maximum absolute atomic E-state index is 10.1. The quantitative estimate of drug-likeness (QED) is 0.606. The van der Waals surface area contributed by atoms with Crippen molar-refractivity contribution >= 4 is 5.94 Å². The van der Waals surface area contributed by atoms with E-state index in [1.165, 1.54) is 0 Å². The van der Waals surface area contributed by atoms with Gasteiger partial charge in [0.1, 0.15) is 5.94 Å². The Balaban J connectivity index is 3.62. The topological polar surface area (TPSA) is 57.5 Å². The lowest BCUT2D eigenvalue weighted by Crippen LogP contribution is -2.15. The lowest BCUT2D eigenvalue weighted by Gasteiger charge is -2.13. The Morgan fingerprint density at radius 3 is 2.62 bits per heavy atom. The Morgan fingerprint density at radius 2 is 2.15 bits per heavy atom. The van der Waals surface area contributed by atoms with Crippen molar-refractivity contribution in [2.24, 2.45) is 5.92 Å². The van der Waals surface area contributed by atoms with Crippen LogP contribution in [0.25, 0.3) is 0 Å². The number of allylic oxidation sites excluding steroid dienone is 1. The largest absolute Gasteiger partial charge is 0.394 e. The lowest BCUT2D eigenvalue weighted by atomic mass is 9.97. The van der Waals surface area contributed by atoms with E-state index in [0.29, 0.717) is 17.9 Å². The smallest absolute Gasteiger partial charge is 0.123 e. The van der Waals surface area contributed by atoms with Gasteiger partial charge in [0.05, 0.1) is 12.7 Å². The normalized spacial score (nSPS) is 14.8. The van der Waals surface area contributed by atoms with E-state index in [1.54, 1.807) is 6.92 Å². The molecule has 3 nitrogen and oxygen atoms in total. The van der Waals surface area contributed by atoms with Crippen LogP contribution in [0, 0.1) is 5.92 Å². The molecule has 0 fully saturated rings. The van der Waals surface area contributed by atoms with Crippen molar-refractivity contribution in [2.45, 2.75) is 39.2 Å². The highest BCUT2D eigenvalue weighted by Gasteiger charge is 2.09. The first-order valence-electron chi connectivity index (χ1n) is 4.59. The van der Waals surface area contributed by atoms with Crippen LogP contribution < -0.4 is 0 Å². The first-order valence-corrected chi connectivity index (χ1v) is 4.59. The predicted octanol–water partition coefficient (Wildman–Crippen LogP) is 0.924. The van der Waals surface area contributed by atoms with Crippen molar-refractivity contribution in [1.29, 1.82) is 0 Å². The summed E-state index contributed by atoms with van der Waals surface area (Å²) in [5.41, 5.74) is 0.713. The molecule has 2 N–H and O–H groups in total. The molecule has 0 saturated heterocycles. The zero-order chi connectivity index (χ0) is 10.3. The summed E-state index contributed by atoms with van der Waals surface area (Å²) in [6.45, 7) is 3.56. The molecule has 0 rings (SSSR count). The average molecular weight is 186 g/mol. The zero-order valence-electron chi connectivity index (χ0n) is 8.29. The summed E-state index contributed by atoms with van der Waals surface area (Å²) in [6, 6.07) is 0. The highest BCUT2D eigenvalue weighted by molar-refractivity contribution is 5.50. The van der Waals surface area contributed by atoms with Gasteiger partial charge in [-0.3, -0.25) is 0 Å². The van der Waals surface area contributed by atoms with Gasteiger partial charge in [-0.25, -0.2) is 4.79 Å². The van der Waals surface area contributed by atoms with Gasteiger partial charge >= 0.3 is 0 Å². The summed E-state index contributed by atoms with van der Waals surface area (Å²) in [5.74, 6) is 2.17. The van der Waals surface area contributed by atoms with E-state index in [4.69, 9.17) is 10.2 Å². The van der Waals surface area contributed by atoms with E-state index < -0.39 is 6.10 Å². The van der Waals surface area contributed by atoms with E-state index in [1.807, 2.05) is 12.9 Å². The number of aliphatic hydroxyl groups excluding tert-OH is 2. The molecular weight excluding hydrogens is 168 g/mol. The first-order chi connectivity index (χ1) is 6.10. The minimum Gasteiger partial charge on any atom is -0.394 e. The van der Waals surface area contributed by atoms with Gasteiger partial charge in [0.15, 0.2) is 0 Å². The lowest BCUT2D eigenvalue weighted by molar-refractivity contribution is 0.0751. The Hall–Kier alpha value is -0.630. The Labute approximate surface area is 79.1 Å². The molecule has 76 valence electrons. The fraction of sp³-hybridized carbons (Fsp3) is 0.800. The third-order valence-corrected chi connectivity index (χ3v) is 2.07. The molecule has 3 heteroatoms. The standard InChI is InChI=1S/C10H18O3/c1-8(5-10(13)7-12)3-4-9(2)6-11/h8,10,12-13H,3-5,7H2,1-2H3/t8?,10-/m0/s1. The van der Waals surface area contributed by atoms with Gasteiger partial charge in [-0.15, -0.1) is 0 Å². The van der Waals surface area contributed by atoms with Crippen LogP contribution in [-0.4, -0.2) is 28.9 Å². The molecule has 0 aromatic heterocycles. The van der Waals surface area contributed by atoms with Gasteiger partial charge in [-0.05, 0) is 32.1 Å². The molecule has 0 aromatic carbocycles. The third-order valence-electron chi connectivity index (χ3n) is 2.07. The van der Waals surface area contributed by atoms with Crippen molar-refractivity contribution < 1.29 is 15.0 Å². The zero-order valence-corrected chi connectivity index (χ0v) is 8.29. The van der Waals surface area contributed by atoms with Crippen molar-refractivity contribution in [1.82, 2.24) is 0 Å². The molecule has 0 saturated carbocycles. The Bertz CT molecular complexity index is 183. The summed E-state index contributed by atoms with van der Waals surface area (Å²) in [7, 11) is 0. The van der Waals surface area contributed by atoms with Crippen molar-refractivity contribution in [2.75, 3.05) is 6.61 Å². The van der Waals surface area contributed by atoms with Crippen LogP contribution in [0.5, 0.6) is 0 Å². The van der Waals surface area contributed by atoms with Crippen LogP contribution in [0.2, 0.25) is 0 Å². The number of hydrogen-bond acceptors (Lipinski definition) is 3. The highest BCUT2D eigenvalue weighted by Crippen LogP contribution is 2.15. The molecule has 0 heterocycles. The highest BCUT2D eigenvalue weighted by atomic mass is 16.3. The molecule has 1 unspecified atom stereocenters. The fourth-order valence-corrected chi connectivity index (χ4v) is 1.17. The van der Waals surface area contributed by atoms with E-state index in [9.17, 15) is 4.79 Å². The average Bonchev–Trinajstić information content (AvgIpc) is 2.13. The number of rotatable bonds is 6. The SMILES string of the molecule is CC(=C=O)CCC(C)C[C@H](O)CO. The number of aliphatic hydroxyl groups is 2. The van der Waals surface area contributed by atoms with Crippen LogP contribution in [0.4, 0.5) is 0 Å². The van der Waals surface area contributed by atoms with Gasteiger partial charge in [-0.1, -0.05) is 6.92 Å². The summed E-state index contributed by atoms with van der Waals surface area (Å²) in [5, 5.41) is 17.7. The molecule has 0 amide bonds. The molecule has 0 aromatic rings. The molecular formula is C10H18O3. The van der Waals surface area contributed by atoms with Gasteiger partial charge in [0, 0.05) is 5.57 Å². The molecule has 0 spiro atoms. The van der Waals surface area contributed by atoms with Crippen molar-refractivity contribution in [3.8, 4) is 0 Å². The summed E-state index contributed by atoms with van der Waals surface area (Å²) < 4.78 is 0. The second-order valence-corrected chi connectivity index (χ2v) is 3.60. The van der Waals surface area contributed by atoms with Crippen molar-refractivity contribution in [3.63, 3.8) is 0 Å². The second-order valence-electron chi connectivity index (χ2n) is 3.60. The van der Waals surface area contributed by atoms with Gasteiger partial charge in [0.25, 0.3) is 0 Å². The fourth-order valence-electron chi connectivity index (χ4n) is 1.17. The van der Waals surface area contributed by atoms with Gasteiger partial charge < -0.3 is 10.2 Å². The molecule has 0 aliphatic carbocycles. The molecule has 0 bridgehead atoms. The third kappa shape index (κ3) is 6.52. The van der Waals surface area contributed by atoms with Crippen LogP contribution in [0.1, 0.15) is 33.1 Å². The first kappa shape index (κ1) is 12.4. The second kappa shape index (κ2) is 6.84. The molecule has 2 atom stereocenters. The van der Waals surface area contributed by atoms with E-state index in [2.05, 4.69) is 0 Å². The van der Waals surface area contributed by atoms with Gasteiger partial charge in [-0.2, -0.15) is 0 Å². The monoisotopic (exact) mass is 186 g/mol. The van der Waals surface area contributed by atoms with E-state index >= 15 is 0 Å². The summed E-state index contributed by atoms with van der Waals surface area (Å²) in [6.07, 6.45) is 1.54. The minimum atomic E-state index is -0.629. The molecule has 0 aliphatic rings. The summed E-state index contributed by atoms with van der Waals surface area (Å²) in [4.78, 5) is 10.1. The predicted molar refractivity (Wildman–Crippen MR) is 51.0 cm³/mol. The Kier molecular flexibility index (Phi) is 6.51. The van der Waals surface area contributed by atoms with E-state index in [0.717, 1.165) is 12.8 Å². The minimum absolute atomic E-state index is 0.188.